The van der Waals surface area contributed by atoms with E-state index in [9.17, 15) is 4.79 Å². The summed E-state index contributed by atoms with van der Waals surface area (Å²) in [6.07, 6.45) is 6.51. The maximum absolute atomic E-state index is 12.8. The number of halogens is 1. The molecule has 0 unspecified atom stereocenters. The third-order valence-corrected chi connectivity index (χ3v) is 7.48. The lowest BCUT2D eigenvalue weighted by molar-refractivity contribution is 0.0747. The number of nitrogens with zero attached hydrogens (tertiary/aromatic N) is 3. The van der Waals surface area contributed by atoms with Gasteiger partial charge in [0.15, 0.2) is 0 Å². The molecule has 2 aromatic carbocycles. The zero-order valence-electron chi connectivity index (χ0n) is 17.5. The van der Waals surface area contributed by atoms with Gasteiger partial charge >= 0.3 is 0 Å². The van der Waals surface area contributed by atoms with Gasteiger partial charge in [-0.05, 0) is 61.1 Å². The first-order valence-electron chi connectivity index (χ1n) is 11.3. The molecule has 1 saturated carbocycles. The van der Waals surface area contributed by atoms with Crippen molar-refractivity contribution in [3.8, 4) is 0 Å². The van der Waals surface area contributed by atoms with Crippen molar-refractivity contribution in [2.24, 2.45) is 0 Å². The summed E-state index contributed by atoms with van der Waals surface area (Å²) in [6.45, 7) is 5.60. The SMILES string of the molecule is O=C(c1ccccc1Cl)N1CCN(c2ccc3c(c2)CCN(C2CCC2)CC3)CC1. The molecule has 2 aromatic rings. The first kappa shape index (κ1) is 19.9. The Kier molecular flexibility index (Phi) is 5.70. The molecule has 0 radical (unpaired) electrons. The second-order valence-electron chi connectivity index (χ2n) is 8.83. The molecular formula is C25H30ClN3O. The molecule has 1 saturated heterocycles. The molecule has 4 nitrogen and oxygen atoms in total. The number of hydrogen-bond donors (Lipinski definition) is 0. The molecule has 2 aliphatic heterocycles. The lowest BCUT2D eigenvalue weighted by Crippen LogP contribution is -2.48. The maximum atomic E-state index is 12.8. The van der Waals surface area contributed by atoms with Crippen LogP contribution in [0.4, 0.5) is 5.69 Å². The topological polar surface area (TPSA) is 26.8 Å². The van der Waals surface area contributed by atoms with Gasteiger partial charge in [-0.1, -0.05) is 36.2 Å². The number of anilines is 1. The summed E-state index contributed by atoms with van der Waals surface area (Å²) >= 11 is 6.22. The molecule has 0 spiro atoms. The van der Waals surface area contributed by atoms with Crippen molar-refractivity contribution < 1.29 is 4.79 Å². The van der Waals surface area contributed by atoms with Crippen molar-refractivity contribution in [3.05, 3.63) is 64.2 Å². The maximum Gasteiger partial charge on any atom is 0.255 e. The molecule has 1 amide bonds. The van der Waals surface area contributed by atoms with E-state index < -0.39 is 0 Å². The van der Waals surface area contributed by atoms with Crippen LogP contribution >= 0.6 is 11.6 Å². The second-order valence-corrected chi connectivity index (χ2v) is 9.24. The van der Waals surface area contributed by atoms with Crippen LogP contribution in [0.3, 0.4) is 0 Å². The molecule has 5 heteroatoms. The highest BCUT2D eigenvalue weighted by Gasteiger charge is 2.27. The lowest BCUT2D eigenvalue weighted by Gasteiger charge is -2.36. The molecule has 0 bridgehead atoms. The molecule has 30 heavy (non-hydrogen) atoms. The summed E-state index contributed by atoms with van der Waals surface area (Å²) in [7, 11) is 0. The van der Waals surface area contributed by atoms with Crippen LogP contribution in [-0.4, -0.2) is 61.0 Å². The van der Waals surface area contributed by atoms with Crippen molar-refractivity contribution >= 4 is 23.2 Å². The largest absolute Gasteiger partial charge is 0.368 e. The number of benzene rings is 2. The van der Waals surface area contributed by atoms with Gasteiger partial charge in [-0.25, -0.2) is 0 Å². The van der Waals surface area contributed by atoms with Gasteiger partial charge in [0.2, 0.25) is 0 Å². The molecule has 158 valence electrons. The zero-order chi connectivity index (χ0) is 20.5. The minimum atomic E-state index is 0.0401. The second kappa shape index (κ2) is 8.60. The van der Waals surface area contributed by atoms with E-state index in [0.717, 1.165) is 38.6 Å². The predicted molar refractivity (Wildman–Crippen MR) is 123 cm³/mol. The van der Waals surface area contributed by atoms with Crippen molar-refractivity contribution in [3.63, 3.8) is 0 Å². The quantitative estimate of drug-likeness (QED) is 0.738. The number of carbonyl (C=O) groups is 1. The molecule has 3 aliphatic rings. The number of fused-ring (bicyclic) bond motifs is 1. The first-order valence-corrected chi connectivity index (χ1v) is 11.7. The fraction of sp³-hybridized carbons (Fsp3) is 0.480. The molecule has 2 fully saturated rings. The van der Waals surface area contributed by atoms with Crippen LogP contribution in [0.2, 0.25) is 5.02 Å². The average molecular weight is 424 g/mol. The summed E-state index contributed by atoms with van der Waals surface area (Å²) in [4.78, 5) is 19.9. The van der Waals surface area contributed by atoms with Crippen LogP contribution in [0.5, 0.6) is 0 Å². The van der Waals surface area contributed by atoms with Crippen LogP contribution in [0.1, 0.15) is 40.7 Å². The standard InChI is InChI=1S/C25H30ClN3O/c26-24-7-2-1-6-23(24)25(30)29-16-14-28(15-17-29)22-9-8-19-10-12-27(21-4-3-5-21)13-11-20(19)18-22/h1-2,6-9,18,21H,3-5,10-17H2. The number of piperazine rings is 1. The highest BCUT2D eigenvalue weighted by Crippen LogP contribution is 2.29. The van der Waals surface area contributed by atoms with E-state index >= 15 is 0 Å². The molecule has 5 rings (SSSR count). The Morgan fingerprint density at radius 3 is 2.30 bits per heavy atom. The van der Waals surface area contributed by atoms with Gasteiger partial charge in [0.1, 0.15) is 0 Å². The Labute approximate surface area is 184 Å². The van der Waals surface area contributed by atoms with Gasteiger partial charge in [-0.2, -0.15) is 0 Å². The van der Waals surface area contributed by atoms with Gasteiger partial charge < -0.3 is 9.80 Å². The van der Waals surface area contributed by atoms with Crippen LogP contribution in [0, 0.1) is 0 Å². The van der Waals surface area contributed by atoms with Gasteiger partial charge in [0, 0.05) is 51.0 Å². The van der Waals surface area contributed by atoms with E-state index in [2.05, 4.69) is 28.0 Å². The van der Waals surface area contributed by atoms with Gasteiger partial charge in [-0.15, -0.1) is 0 Å². The Morgan fingerprint density at radius 1 is 0.867 bits per heavy atom. The van der Waals surface area contributed by atoms with E-state index in [1.807, 2.05) is 23.1 Å². The number of carbonyl (C=O) groups excluding carboxylic acids is 1. The van der Waals surface area contributed by atoms with Gasteiger partial charge in [0.25, 0.3) is 5.91 Å². The first-order chi connectivity index (χ1) is 14.7. The van der Waals surface area contributed by atoms with Crippen LogP contribution in [0.25, 0.3) is 0 Å². The predicted octanol–water partition coefficient (Wildman–Crippen LogP) is 4.26. The average Bonchev–Trinajstić information content (AvgIpc) is 2.95. The smallest absolute Gasteiger partial charge is 0.255 e. The lowest BCUT2D eigenvalue weighted by atomic mass is 9.91. The van der Waals surface area contributed by atoms with Crippen molar-refractivity contribution in [2.45, 2.75) is 38.1 Å². The monoisotopic (exact) mass is 423 g/mol. The summed E-state index contributed by atoms with van der Waals surface area (Å²) in [6, 6.07) is 15.2. The highest BCUT2D eigenvalue weighted by molar-refractivity contribution is 6.33. The van der Waals surface area contributed by atoms with Crippen LogP contribution in [-0.2, 0) is 12.8 Å². The Bertz CT molecular complexity index is 918. The third-order valence-electron chi connectivity index (χ3n) is 7.15. The summed E-state index contributed by atoms with van der Waals surface area (Å²) in [5, 5.41) is 0.534. The minimum absolute atomic E-state index is 0.0401. The minimum Gasteiger partial charge on any atom is -0.368 e. The van der Waals surface area contributed by atoms with Crippen molar-refractivity contribution in [1.29, 1.82) is 0 Å². The number of hydrogen-bond acceptors (Lipinski definition) is 3. The highest BCUT2D eigenvalue weighted by atomic mass is 35.5. The molecule has 0 N–H and O–H groups in total. The molecule has 0 aromatic heterocycles. The number of amides is 1. The normalized spacial score (nSPS) is 20.4. The zero-order valence-corrected chi connectivity index (χ0v) is 18.3. The van der Waals surface area contributed by atoms with E-state index in [-0.39, 0.29) is 5.91 Å². The van der Waals surface area contributed by atoms with E-state index in [1.54, 1.807) is 6.07 Å². The summed E-state index contributed by atoms with van der Waals surface area (Å²) in [5.41, 5.74) is 4.95. The summed E-state index contributed by atoms with van der Waals surface area (Å²) in [5.74, 6) is 0.0401. The van der Waals surface area contributed by atoms with E-state index in [4.69, 9.17) is 11.6 Å². The van der Waals surface area contributed by atoms with E-state index in [1.165, 1.54) is 55.6 Å². The van der Waals surface area contributed by atoms with Gasteiger partial charge in [0.05, 0.1) is 10.6 Å². The van der Waals surface area contributed by atoms with Gasteiger partial charge in [-0.3, -0.25) is 9.69 Å². The number of rotatable bonds is 3. The Balaban J connectivity index is 1.22. The fourth-order valence-corrected chi connectivity index (χ4v) is 5.23. The van der Waals surface area contributed by atoms with E-state index in [0.29, 0.717) is 10.6 Å². The van der Waals surface area contributed by atoms with Crippen LogP contribution < -0.4 is 4.90 Å². The Hall–Kier alpha value is -2.04. The molecule has 2 heterocycles. The molecule has 0 atom stereocenters. The van der Waals surface area contributed by atoms with Crippen molar-refractivity contribution in [2.75, 3.05) is 44.2 Å². The molecule has 1 aliphatic carbocycles. The fourth-order valence-electron chi connectivity index (χ4n) is 5.02. The summed E-state index contributed by atoms with van der Waals surface area (Å²) < 4.78 is 0. The third kappa shape index (κ3) is 3.95. The Morgan fingerprint density at radius 2 is 1.60 bits per heavy atom. The molecular weight excluding hydrogens is 394 g/mol. The van der Waals surface area contributed by atoms with Crippen molar-refractivity contribution in [1.82, 2.24) is 9.80 Å². The van der Waals surface area contributed by atoms with Crippen LogP contribution in [0.15, 0.2) is 42.5 Å².